The predicted molar refractivity (Wildman–Crippen MR) is 74.2 cm³/mol. The maximum Gasteiger partial charge on any atom is 0.287 e. The second-order valence-corrected chi connectivity index (χ2v) is 5.40. The van der Waals surface area contributed by atoms with Gasteiger partial charge in [-0.15, -0.1) is 0 Å². The average molecular weight is 270 g/mol. The van der Waals surface area contributed by atoms with E-state index in [0.29, 0.717) is 24.2 Å². The molecule has 1 aliphatic rings. The van der Waals surface area contributed by atoms with Crippen molar-refractivity contribution in [2.45, 2.75) is 52.1 Å². The van der Waals surface area contributed by atoms with Crippen LogP contribution < -0.4 is 10.9 Å². The molecule has 1 aromatic heterocycles. The Balaban J connectivity index is 2.13. The third-order valence-corrected chi connectivity index (χ3v) is 4.03. The van der Waals surface area contributed by atoms with Crippen molar-refractivity contribution in [3.05, 3.63) is 21.6 Å². The molecule has 1 atom stereocenters. The van der Waals surface area contributed by atoms with Crippen molar-refractivity contribution in [3.63, 3.8) is 0 Å². The quantitative estimate of drug-likeness (QED) is 0.894. The van der Waals surface area contributed by atoms with Crippen LogP contribution in [0.4, 0.5) is 5.69 Å². The molecule has 18 heavy (non-hydrogen) atoms. The first-order chi connectivity index (χ1) is 8.63. The highest BCUT2D eigenvalue weighted by molar-refractivity contribution is 6.32. The Kier molecular flexibility index (Phi) is 4.27. The largest absolute Gasteiger partial charge is 0.380 e. The van der Waals surface area contributed by atoms with Gasteiger partial charge in [0.1, 0.15) is 5.02 Å². The van der Waals surface area contributed by atoms with Gasteiger partial charge in [-0.2, -0.15) is 5.10 Å². The fourth-order valence-electron chi connectivity index (χ4n) is 2.24. The fraction of sp³-hybridized carbons (Fsp3) is 0.692. The maximum absolute atomic E-state index is 11.9. The minimum atomic E-state index is -0.204. The second-order valence-electron chi connectivity index (χ2n) is 5.02. The van der Waals surface area contributed by atoms with Gasteiger partial charge < -0.3 is 5.32 Å². The first kappa shape index (κ1) is 13.4. The average Bonchev–Trinajstić information content (AvgIpc) is 2.26. The van der Waals surface area contributed by atoms with E-state index >= 15 is 0 Å². The van der Waals surface area contributed by atoms with Gasteiger partial charge in [0.05, 0.1) is 11.9 Å². The van der Waals surface area contributed by atoms with Crippen LogP contribution in [0, 0.1) is 5.92 Å². The lowest BCUT2D eigenvalue weighted by atomic mass is 9.80. The monoisotopic (exact) mass is 269 g/mol. The number of rotatable bonds is 5. The Morgan fingerprint density at radius 3 is 2.89 bits per heavy atom. The maximum atomic E-state index is 11.9. The summed E-state index contributed by atoms with van der Waals surface area (Å²) < 4.78 is 1.42. The fourth-order valence-corrected chi connectivity index (χ4v) is 2.44. The van der Waals surface area contributed by atoms with Gasteiger partial charge in [-0.3, -0.25) is 4.79 Å². The van der Waals surface area contributed by atoms with Crippen LogP contribution in [-0.2, 0) is 6.54 Å². The molecule has 2 rings (SSSR count). The molecule has 1 heterocycles. The number of aromatic nitrogens is 2. The van der Waals surface area contributed by atoms with Crippen LogP contribution in [0.15, 0.2) is 11.0 Å². The number of hydrogen-bond acceptors (Lipinski definition) is 3. The van der Waals surface area contributed by atoms with Crippen LogP contribution in [0.5, 0.6) is 0 Å². The van der Waals surface area contributed by atoms with Gasteiger partial charge in [-0.1, -0.05) is 24.9 Å². The number of nitrogens with zero attached hydrogens (tertiary/aromatic N) is 2. The molecular formula is C13H20ClN3O. The molecule has 1 aromatic rings. The number of nitrogens with one attached hydrogen (secondary N) is 1. The van der Waals surface area contributed by atoms with Gasteiger partial charge in [0.2, 0.25) is 0 Å². The third-order valence-electron chi connectivity index (χ3n) is 3.66. The molecular weight excluding hydrogens is 250 g/mol. The van der Waals surface area contributed by atoms with Gasteiger partial charge in [-0.05, 0) is 32.1 Å². The van der Waals surface area contributed by atoms with Gasteiger partial charge >= 0.3 is 0 Å². The lowest BCUT2D eigenvalue weighted by molar-refractivity contribution is 0.285. The van der Waals surface area contributed by atoms with Gasteiger partial charge in [-0.25, -0.2) is 4.68 Å². The first-order valence-electron chi connectivity index (χ1n) is 6.65. The molecule has 0 saturated heterocycles. The van der Waals surface area contributed by atoms with Gasteiger partial charge in [0.25, 0.3) is 5.56 Å². The van der Waals surface area contributed by atoms with Crippen LogP contribution in [0.25, 0.3) is 0 Å². The van der Waals surface area contributed by atoms with E-state index in [1.165, 1.54) is 23.9 Å². The van der Waals surface area contributed by atoms with Crippen molar-refractivity contribution in [2.75, 3.05) is 5.32 Å². The van der Waals surface area contributed by atoms with E-state index in [9.17, 15) is 4.79 Å². The summed E-state index contributed by atoms with van der Waals surface area (Å²) in [6.07, 6.45) is 6.35. The van der Waals surface area contributed by atoms with Crippen LogP contribution in [0.2, 0.25) is 5.02 Å². The molecule has 5 heteroatoms. The van der Waals surface area contributed by atoms with Crippen molar-refractivity contribution in [2.24, 2.45) is 5.92 Å². The van der Waals surface area contributed by atoms with Crippen molar-refractivity contribution in [1.29, 1.82) is 0 Å². The highest BCUT2D eigenvalue weighted by atomic mass is 35.5. The summed E-state index contributed by atoms with van der Waals surface area (Å²) >= 11 is 6.11. The van der Waals surface area contributed by atoms with Crippen LogP contribution in [0.1, 0.15) is 39.5 Å². The van der Waals surface area contributed by atoms with Crippen molar-refractivity contribution in [3.8, 4) is 0 Å². The summed E-state index contributed by atoms with van der Waals surface area (Å²) in [7, 11) is 0. The Hall–Kier alpha value is -1.03. The first-order valence-corrected chi connectivity index (χ1v) is 7.03. The third kappa shape index (κ3) is 2.69. The molecule has 0 aliphatic heterocycles. The van der Waals surface area contributed by atoms with E-state index in [4.69, 9.17) is 11.6 Å². The molecule has 1 saturated carbocycles. The Bertz CT molecular complexity index is 468. The summed E-state index contributed by atoms with van der Waals surface area (Å²) in [6.45, 7) is 4.75. The van der Waals surface area contributed by atoms with Gasteiger partial charge in [0.15, 0.2) is 0 Å². The molecule has 0 aromatic carbocycles. The Morgan fingerprint density at radius 2 is 2.33 bits per heavy atom. The van der Waals surface area contributed by atoms with E-state index in [1.54, 1.807) is 6.20 Å². The van der Waals surface area contributed by atoms with Crippen LogP contribution in [0.3, 0.4) is 0 Å². The van der Waals surface area contributed by atoms with Crippen LogP contribution >= 0.6 is 11.6 Å². The predicted octanol–water partition coefficient (Wildman–Crippen LogP) is 2.91. The number of anilines is 1. The van der Waals surface area contributed by atoms with Crippen molar-refractivity contribution in [1.82, 2.24) is 9.78 Å². The van der Waals surface area contributed by atoms with Gasteiger partial charge in [0, 0.05) is 12.6 Å². The van der Waals surface area contributed by atoms with Crippen molar-refractivity contribution < 1.29 is 0 Å². The van der Waals surface area contributed by atoms with E-state index in [1.807, 2.05) is 6.92 Å². The SMILES string of the molecule is CCCn1ncc(NC(C)C2CCC2)c(Cl)c1=O. The molecule has 1 fully saturated rings. The molecule has 1 unspecified atom stereocenters. The molecule has 1 N–H and O–H groups in total. The lowest BCUT2D eigenvalue weighted by Crippen LogP contribution is -2.32. The summed E-state index contributed by atoms with van der Waals surface area (Å²) in [5.41, 5.74) is 0.456. The van der Waals surface area contributed by atoms with E-state index in [0.717, 1.165) is 6.42 Å². The molecule has 4 nitrogen and oxygen atoms in total. The number of hydrogen-bond donors (Lipinski definition) is 1. The molecule has 0 spiro atoms. The van der Waals surface area contributed by atoms with Crippen LogP contribution in [-0.4, -0.2) is 15.8 Å². The standard InChI is InChI=1S/C13H20ClN3O/c1-3-7-17-13(18)12(14)11(8-15-17)16-9(2)10-5-4-6-10/h8-10,16H,3-7H2,1-2H3. The minimum absolute atomic E-state index is 0.204. The zero-order valence-electron chi connectivity index (χ0n) is 10.9. The number of halogens is 1. The minimum Gasteiger partial charge on any atom is -0.380 e. The van der Waals surface area contributed by atoms with E-state index < -0.39 is 0 Å². The summed E-state index contributed by atoms with van der Waals surface area (Å²) in [5, 5.41) is 7.71. The molecule has 0 amide bonds. The second kappa shape index (κ2) is 5.74. The summed E-state index contributed by atoms with van der Waals surface area (Å²) in [6, 6.07) is 0.347. The highest BCUT2D eigenvalue weighted by Crippen LogP contribution is 2.31. The molecule has 100 valence electrons. The normalized spacial score (nSPS) is 17.3. The topological polar surface area (TPSA) is 46.9 Å². The van der Waals surface area contributed by atoms with E-state index in [-0.39, 0.29) is 10.6 Å². The molecule has 0 bridgehead atoms. The lowest BCUT2D eigenvalue weighted by Gasteiger charge is -2.32. The highest BCUT2D eigenvalue weighted by Gasteiger charge is 2.24. The Labute approximate surface area is 112 Å². The smallest absolute Gasteiger partial charge is 0.287 e. The van der Waals surface area contributed by atoms with E-state index in [2.05, 4.69) is 17.3 Å². The summed E-state index contributed by atoms with van der Waals surface area (Å²) in [4.78, 5) is 11.9. The van der Waals surface area contributed by atoms with Crippen molar-refractivity contribution >= 4 is 17.3 Å². The summed E-state index contributed by atoms with van der Waals surface area (Å²) in [5.74, 6) is 0.694. The molecule has 0 radical (unpaired) electrons. The number of aryl methyl sites for hydroxylation is 1. The molecule has 1 aliphatic carbocycles. The zero-order valence-corrected chi connectivity index (χ0v) is 11.7. The zero-order chi connectivity index (χ0) is 13.1. The Morgan fingerprint density at radius 1 is 1.61 bits per heavy atom.